The van der Waals surface area contributed by atoms with Gasteiger partial charge in [-0.15, -0.1) is 0 Å². The number of carbonyl (C=O) groups is 2. The molecular formula is C26H20FN3O3S2. The van der Waals surface area contributed by atoms with Gasteiger partial charge in [-0.3, -0.25) is 9.69 Å². The zero-order valence-corrected chi connectivity index (χ0v) is 20.3. The molecule has 3 aromatic rings. The van der Waals surface area contributed by atoms with Crippen molar-refractivity contribution in [3.63, 3.8) is 0 Å². The lowest BCUT2D eigenvalue weighted by Crippen LogP contribution is -2.51. The first-order valence-corrected chi connectivity index (χ1v) is 12.5. The van der Waals surface area contributed by atoms with Gasteiger partial charge in [-0.05, 0) is 66.7 Å². The molecule has 5 rings (SSSR count). The van der Waals surface area contributed by atoms with Crippen molar-refractivity contribution in [2.45, 2.75) is 11.3 Å². The molecular weight excluding hydrogens is 485 g/mol. The van der Waals surface area contributed by atoms with Crippen LogP contribution in [0.5, 0.6) is 0 Å². The third-order valence-corrected chi connectivity index (χ3v) is 7.96. The van der Waals surface area contributed by atoms with Crippen molar-refractivity contribution in [1.29, 1.82) is 0 Å². The van der Waals surface area contributed by atoms with Gasteiger partial charge in [-0.25, -0.2) is 14.2 Å². The van der Waals surface area contributed by atoms with Crippen LogP contribution >= 0.6 is 23.5 Å². The summed E-state index contributed by atoms with van der Waals surface area (Å²) in [4.78, 5) is 28.7. The Hall–Kier alpha value is -3.56. The maximum Gasteiger partial charge on any atom is 0.365 e. The highest BCUT2D eigenvalue weighted by Gasteiger charge is 2.60. The summed E-state index contributed by atoms with van der Waals surface area (Å²) in [5, 5.41) is 6.46. The molecule has 2 aliphatic rings. The Balaban J connectivity index is 1.66. The first kappa shape index (κ1) is 23.2. The Morgan fingerprint density at radius 1 is 0.971 bits per heavy atom. The number of halogens is 1. The van der Waals surface area contributed by atoms with E-state index in [0.29, 0.717) is 21.8 Å². The van der Waals surface area contributed by atoms with Crippen LogP contribution in [-0.4, -0.2) is 27.9 Å². The van der Waals surface area contributed by atoms with Gasteiger partial charge in [0, 0.05) is 5.69 Å². The molecule has 6 nitrogen and oxygen atoms in total. The minimum absolute atomic E-state index is 0.153. The number of amides is 1. The van der Waals surface area contributed by atoms with Gasteiger partial charge < -0.3 is 4.74 Å². The average molecular weight is 506 g/mol. The molecule has 0 N–H and O–H groups in total. The molecule has 9 heteroatoms. The standard InChI is InChI=1S/C26H20FN3O3S2/c1-2-33-25(32)23-28-30(21-11-7-4-8-12-21)26(35-23)29(20-9-5-3-6-10-20)24(31)22(34-26)17-18-13-15-19(27)16-14-18/h3-17H,2H2,1H3. The number of ether oxygens (including phenoxy) is 1. The van der Waals surface area contributed by atoms with E-state index in [0.717, 1.165) is 11.8 Å². The van der Waals surface area contributed by atoms with Gasteiger partial charge in [0.2, 0.25) is 9.37 Å². The highest BCUT2D eigenvalue weighted by atomic mass is 32.2. The molecule has 0 radical (unpaired) electrons. The molecule has 0 aliphatic carbocycles. The molecule has 1 atom stereocenters. The fourth-order valence-electron chi connectivity index (χ4n) is 3.74. The predicted molar refractivity (Wildman–Crippen MR) is 139 cm³/mol. The highest BCUT2D eigenvalue weighted by Crippen LogP contribution is 2.59. The van der Waals surface area contributed by atoms with E-state index in [9.17, 15) is 14.0 Å². The second-order valence-electron chi connectivity index (χ2n) is 7.56. The Morgan fingerprint density at radius 2 is 1.60 bits per heavy atom. The number of esters is 1. The molecule has 35 heavy (non-hydrogen) atoms. The largest absolute Gasteiger partial charge is 0.461 e. The Labute approximate surface area is 210 Å². The summed E-state index contributed by atoms with van der Waals surface area (Å²) in [6.45, 7) is 1.94. The van der Waals surface area contributed by atoms with E-state index < -0.39 is 10.3 Å². The summed E-state index contributed by atoms with van der Waals surface area (Å²) in [7, 11) is 0. The second-order valence-corrected chi connectivity index (χ2v) is 10.2. The van der Waals surface area contributed by atoms with E-state index in [-0.39, 0.29) is 23.4 Å². The number of anilines is 2. The summed E-state index contributed by atoms with van der Waals surface area (Å²) < 4.78 is 17.5. The third-order valence-electron chi connectivity index (χ3n) is 5.26. The highest BCUT2D eigenvalue weighted by molar-refractivity contribution is 8.29. The minimum atomic E-state index is -1.15. The van der Waals surface area contributed by atoms with Crippen LogP contribution in [0.15, 0.2) is 94.9 Å². The Bertz CT molecular complexity index is 1320. The summed E-state index contributed by atoms with van der Waals surface area (Å²) in [5.41, 5.74) is 2.05. The normalized spacial score (nSPS) is 20.6. The molecule has 176 valence electrons. The number of nitrogens with zero attached hydrogens (tertiary/aromatic N) is 3. The first-order valence-electron chi connectivity index (χ1n) is 10.9. The van der Waals surface area contributed by atoms with Crippen molar-refractivity contribution in [3.05, 3.63) is 101 Å². The van der Waals surface area contributed by atoms with Gasteiger partial charge in [0.25, 0.3) is 5.91 Å². The van der Waals surface area contributed by atoms with E-state index in [4.69, 9.17) is 4.74 Å². The summed E-state index contributed by atoms with van der Waals surface area (Å²) in [6, 6.07) is 24.6. The van der Waals surface area contributed by atoms with Crippen LogP contribution in [0.1, 0.15) is 12.5 Å². The maximum atomic E-state index is 13.9. The molecule has 0 saturated carbocycles. The Morgan fingerprint density at radius 3 is 2.23 bits per heavy atom. The zero-order chi connectivity index (χ0) is 24.4. The van der Waals surface area contributed by atoms with Gasteiger partial charge in [0.1, 0.15) is 5.82 Å². The summed E-state index contributed by atoms with van der Waals surface area (Å²) in [6.07, 6.45) is 1.73. The van der Waals surface area contributed by atoms with Gasteiger partial charge in [-0.1, -0.05) is 60.3 Å². The second kappa shape index (κ2) is 9.59. The van der Waals surface area contributed by atoms with Gasteiger partial charge >= 0.3 is 5.97 Å². The van der Waals surface area contributed by atoms with Gasteiger partial charge in [-0.2, -0.15) is 5.10 Å². The molecule has 1 amide bonds. The molecule has 0 aromatic heterocycles. The number of hydrogen-bond acceptors (Lipinski definition) is 7. The minimum Gasteiger partial charge on any atom is -0.461 e. The summed E-state index contributed by atoms with van der Waals surface area (Å²) in [5.74, 6) is -1.15. The first-order chi connectivity index (χ1) is 17.0. The molecule has 2 aliphatic heterocycles. The van der Waals surface area contributed by atoms with Gasteiger partial charge in [0.05, 0.1) is 17.2 Å². The summed E-state index contributed by atoms with van der Waals surface area (Å²) >= 11 is 2.45. The van der Waals surface area contributed by atoms with Crippen LogP contribution in [0.2, 0.25) is 0 Å². The van der Waals surface area contributed by atoms with Crippen LogP contribution < -0.4 is 9.91 Å². The zero-order valence-electron chi connectivity index (χ0n) is 18.6. The number of rotatable bonds is 5. The molecule has 1 fully saturated rings. The third kappa shape index (κ3) is 4.33. The number of para-hydroxylation sites is 2. The van der Waals surface area contributed by atoms with Gasteiger partial charge in [0.15, 0.2) is 0 Å². The van der Waals surface area contributed by atoms with Crippen LogP contribution in [0.4, 0.5) is 15.8 Å². The molecule has 2 heterocycles. The number of carbonyl (C=O) groups excluding carboxylic acids is 2. The molecule has 1 saturated heterocycles. The van der Waals surface area contributed by atoms with Crippen LogP contribution in [0.3, 0.4) is 0 Å². The fourth-order valence-corrected chi connectivity index (χ4v) is 6.62. The number of benzene rings is 3. The smallest absolute Gasteiger partial charge is 0.365 e. The quantitative estimate of drug-likeness (QED) is 0.328. The monoisotopic (exact) mass is 505 g/mol. The lowest BCUT2D eigenvalue weighted by Gasteiger charge is -2.38. The van der Waals surface area contributed by atoms with Crippen molar-refractivity contribution in [2.75, 3.05) is 16.5 Å². The maximum absolute atomic E-state index is 13.9. The van der Waals surface area contributed by atoms with E-state index in [1.54, 1.807) is 35.0 Å². The lowest BCUT2D eigenvalue weighted by molar-refractivity contribution is -0.134. The van der Waals surface area contributed by atoms with Crippen molar-refractivity contribution in [2.24, 2.45) is 5.10 Å². The van der Waals surface area contributed by atoms with E-state index in [1.165, 1.54) is 23.9 Å². The van der Waals surface area contributed by atoms with Crippen molar-refractivity contribution in [3.8, 4) is 0 Å². The lowest BCUT2D eigenvalue weighted by atomic mass is 10.2. The van der Waals surface area contributed by atoms with E-state index in [1.807, 2.05) is 60.7 Å². The SMILES string of the molecule is CCOC(=O)C1=NN(c2ccccc2)C2(SC(=Cc3ccc(F)cc3)C(=O)N2c2ccccc2)S1. The van der Waals surface area contributed by atoms with Crippen molar-refractivity contribution in [1.82, 2.24) is 0 Å². The Kier molecular flexibility index (Phi) is 6.36. The number of hydrogen-bond donors (Lipinski definition) is 0. The van der Waals surface area contributed by atoms with E-state index >= 15 is 0 Å². The van der Waals surface area contributed by atoms with Crippen molar-refractivity contribution < 1.29 is 18.7 Å². The average Bonchev–Trinajstić information content (AvgIpc) is 3.39. The molecule has 3 aromatic carbocycles. The predicted octanol–water partition coefficient (Wildman–Crippen LogP) is 5.69. The molecule has 1 unspecified atom stereocenters. The van der Waals surface area contributed by atoms with Crippen LogP contribution in [0, 0.1) is 5.82 Å². The molecule has 1 spiro atoms. The van der Waals surface area contributed by atoms with Crippen LogP contribution in [0.25, 0.3) is 6.08 Å². The number of thioether (sulfide) groups is 2. The fraction of sp³-hybridized carbons (Fsp3) is 0.115. The topological polar surface area (TPSA) is 62.2 Å². The molecule has 0 bridgehead atoms. The van der Waals surface area contributed by atoms with Crippen LogP contribution in [-0.2, 0) is 14.3 Å². The van der Waals surface area contributed by atoms with E-state index in [2.05, 4.69) is 5.10 Å². The number of hydrazone groups is 1. The van der Waals surface area contributed by atoms with Crippen molar-refractivity contribution >= 4 is 57.9 Å².